The zero-order valence-electron chi connectivity index (χ0n) is 11.3. The summed E-state index contributed by atoms with van der Waals surface area (Å²) in [6.07, 6.45) is -0.397. The highest BCUT2D eigenvalue weighted by molar-refractivity contribution is 8.10. The first-order valence-corrected chi connectivity index (χ1v) is 9.37. The summed E-state index contributed by atoms with van der Waals surface area (Å²) in [6, 6.07) is 0. The molecule has 3 aliphatic rings. The van der Waals surface area contributed by atoms with Crippen molar-refractivity contribution in [2.24, 2.45) is 23.7 Å². The number of fused-ring (bicyclic) bond motifs is 5. The Morgan fingerprint density at radius 2 is 1.78 bits per heavy atom. The molecule has 0 aromatic carbocycles. The van der Waals surface area contributed by atoms with Crippen molar-refractivity contribution in [2.75, 3.05) is 6.61 Å². The van der Waals surface area contributed by atoms with Crippen molar-refractivity contribution in [1.29, 1.82) is 0 Å². The van der Waals surface area contributed by atoms with Gasteiger partial charge in [0.05, 0.1) is 18.6 Å². The number of carbonyl (C=O) groups excluding carboxylic acids is 1. The average molecular weight is 378 g/mol. The van der Waals surface area contributed by atoms with Crippen LogP contribution >= 0.6 is 0 Å². The van der Waals surface area contributed by atoms with Crippen LogP contribution in [0.25, 0.3) is 4.13 Å². The number of ether oxygens (including phenoxy) is 1. The van der Waals surface area contributed by atoms with Gasteiger partial charge in [0.1, 0.15) is 0 Å². The third-order valence-corrected chi connectivity index (χ3v) is 7.11. The smallest absolute Gasteiger partial charge is 0.465 e. The summed E-state index contributed by atoms with van der Waals surface area (Å²) in [5, 5.41) is 0. The molecule has 1 heterocycles. The van der Waals surface area contributed by atoms with Crippen molar-refractivity contribution in [3.63, 3.8) is 0 Å². The average Bonchev–Trinajstić information content (AvgIpc) is 2.98. The van der Waals surface area contributed by atoms with E-state index >= 15 is 0 Å². The molecule has 2 aliphatic carbocycles. The predicted molar refractivity (Wildman–Crippen MR) is 66.3 cm³/mol. The van der Waals surface area contributed by atoms with Crippen LogP contribution in [0, 0.1) is 23.7 Å². The second-order valence-corrected chi connectivity index (χ2v) is 8.83. The summed E-state index contributed by atoms with van der Waals surface area (Å²) >= 11 is 0. The molecule has 0 aromatic heterocycles. The Balaban J connectivity index is 1.70. The van der Waals surface area contributed by atoms with Crippen LogP contribution in [0.5, 0.6) is 0 Å². The molecule has 0 radical (unpaired) electrons. The van der Waals surface area contributed by atoms with E-state index in [-0.39, 0.29) is 36.8 Å². The Morgan fingerprint density at radius 3 is 2.39 bits per heavy atom. The van der Waals surface area contributed by atoms with Gasteiger partial charge < -0.3 is 8.86 Å². The van der Waals surface area contributed by atoms with Gasteiger partial charge in [-0.3, -0.25) is 8.98 Å². The molecular formula is C10H11F3NO7S2-. The lowest BCUT2D eigenvalue weighted by Gasteiger charge is -2.31. The SMILES string of the molecule is O=C1OCC2C3CC(CC3OS(=O)(=O)[N-]S(=O)(=O)C(F)(F)F)C12. The van der Waals surface area contributed by atoms with Crippen LogP contribution in [0.2, 0.25) is 0 Å². The second kappa shape index (κ2) is 5.04. The highest BCUT2D eigenvalue weighted by atomic mass is 32.3. The fourth-order valence-electron chi connectivity index (χ4n) is 3.75. The molecule has 0 spiro atoms. The van der Waals surface area contributed by atoms with Gasteiger partial charge in [-0.2, -0.15) is 13.2 Å². The van der Waals surface area contributed by atoms with E-state index in [1.165, 1.54) is 0 Å². The minimum Gasteiger partial charge on any atom is -0.465 e. The first-order valence-electron chi connectivity index (χ1n) is 6.57. The standard InChI is InChI=1S/C10H11F3NO7S2/c11-10(12,13)22(16,17)14-23(18,19)21-7-2-4-1-5(7)6-3-20-9(15)8(4)6/h4-8H,1-3H2/q-1. The number of hydrogen-bond donors (Lipinski definition) is 0. The minimum atomic E-state index is -6.20. The largest absolute Gasteiger partial charge is 0.480 e. The molecule has 5 atom stereocenters. The molecule has 13 heteroatoms. The number of cyclic esters (lactones) is 1. The van der Waals surface area contributed by atoms with Crippen LogP contribution in [-0.4, -0.2) is 41.0 Å². The number of hydrogen-bond acceptors (Lipinski definition) is 7. The van der Waals surface area contributed by atoms with Gasteiger partial charge in [-0.1, -0.05) is 0 Å². The number of sulfonamides is 1. The van der Waals surface area contributed by atoms with E-state index in [0.29, 0.717) is 6.42 Å². The van der Waals surface area contributed by atoms with Crippen LogP contribution < -0.4 is 0 Å². The molecule has 0 aromatic rings. The normalized spacial score (nSPS) is 37.0. The zero-order valence-corrected chi connectivity index (χ0v) is 12.9. The molecule has 3 fully saturated rings. The lowest BCUT2D eigenvalue weighted by molar-refractivity contribution is -0.142. The summed E-state index contributed by atoms with van der Waals surface area (Å²) in [6.45, 7) is 0.0998. The fraction of sp³-hybridized carbons (Fsp3) is 0.900. The van der Waals surface area contributed by atoms with Gasteiger partial charge in [0, 0.05) is 5.92 Å². The van der Waals surface area contributed by atoms with Gasteiger partial charge in [0.15, 0.2) is 10.0 Å². The Morgan fingerprint density at radius 1 is 1.13 bits per heavy atom. The van der Waals surface area contributed by atoms with Gasteiger partial charge in [-0.25, -0.2) is 16.8 Å². The molecule has 1 aliphatic heterocycles. The summed E-state index contributed by atoms with van der Waals surface area (Å²) in [5.74, 6) is -1.55. The van der Waals surface area contributed by atoms with Crippen LogP contribution in [-0.2, 0) is 34.0 Å². The molecule has 132 valence electrons. The van der Waals surface area contributed by atoms with Gasteiger partial charge in [-0.05, 0) is 24.7 Å². The number of esters is 1. The molecule has 0 N–H and O–H groups in total. The monoisotopic (exact) mass is 378 g/mol. The highest BCUT2D eigenvalue weighted by Crippen LogP contribution is 2.56. The van der Waals surface area contributed by atoms with Crippen LogP contribution in [0.3, 0.4) is 0 Å². The Bertz CT molecular complexity index is 732. The van der Waals surface area contributed by atoms with Crippen molar-refractivity contribution in [3.05, 3.63) is 4.13 Å². The molecule has 3 rings (SSSR count). The van der Waals surface area contributed by atoms with Gasteiger partial charge >= 0.3 is 11.5 Å². The van der Waals surface area contributed by atoms with E-state index in [1.807, 2.05) is 4.13 Å². The fourth-order valence-corrected chi connectivity index (χ4v) is 5.72. The maximum Gasteiger partial charge on any atom is 0.480 e. The number of alkyl halides is 3. The quantitative estimate of drug-likeness (QED) is 0.660. The summed E-state index contributed by atoms with van der Waals surface area (Å²) in [4.78, 5) is 11.5. The minimum absolute atomic E-state index is 0.0998. The molecule has 23 heavy (non-hydrogen) atoms. The molecule has 0 amide bonds. The number of nitrogens with zero attached hydrogens (tertiary/aromatic N) is 1. The molecular weight excluding hydrogens is 367 g/mol. The number of carbonyl (C=O) groups is 1. The number of halogens is 3. The first kappa shape index (κ1) is 16.9. The Labute approximate surface area is 129 Å². The van der Waals surface area contributed by atoms with Crippen molar-refractivity contribution in [1.82, 2.24) is 0 Å². The summed E-state index contributed by atoms with van der Waals surface area (Å²) in [7, 11) is -11.5. The lowest BCUT2D eigenvalue weighted by Crippen LogP contribution is -2.35. The van der Waals surface area contributed by atoms with Crippen molar-refractivity contribution >= 4 is 26.3 Å². The third kappa shape index (κ3) is 2.83. The molecule has 2 bridgehead atoms. The van der Waals surface area contributed by atoms with Crippen molar-refractivity contribution in [3.8, 4) is 0 Å². The van der Waals surface area contributed by atoms with Crippen LogP contribution in [0.4, 0.5) is 13.2 Å². The van der Waals surface area contributed by atoms with E-state index in [4.69, 9.17) is 4.74 Å². The van der Waals surface area contributed by atoms with E-state index < -0.39 is 37.9 Å². The van der Waals surface area contributed by atoms with Gasteiger partial charge in [0.25, 0.3) is 0 Å². The summed E-state index contributed by atoms with van der Waals surface area (Å²) in [5.41, 5.74) is -5.82. The first-order chi connectivity index (χ1) is 10.4. The molecule has 1 saturated heterocycles. The molecule has 5 unspecified atom stereocenters. The molecule has 2 saturated carbocycles. The van der Waals surface area contributed by atoms with Crippen molar-refractivity contribution in [2.45, 2.75) is 24.5 Å². The maximum atomic E-state index is 12.2. The third-order valence-electron chi connectivity index (χ3n) is 4.52. The summed E-state index contributed by atoms with van der Waals surface area (Å²) < 4.78 is 92.5. The van der Waals surface area contributed by atoms with E-state index in [9.17, 15) is 34.8 Å². The van der Waals surface area contributed by atoms with Crippen LogP contribution in [0.15, 0.2) is 0 Å². The zero-order chi connectivity index (χ0) is 17.2. The maximum absolute atomic E-state index is 12.2. The van der Waals surface area contributed by atoms with Gasteiger partial charge in [-0.15, -0.1) is 0 Å². The Hall–Kier alpha value is -0.920. The van der Waals surface area contributed by atoms with Crippen molar-refractivity contribution < 1.29 is 43.7 Å². The van der Waals surface area contributed by atoms with E-state index in [0.717, 1.165) is 0 Å². The highest BCUT2D eigenvalue weighted by Gasteiger charge is 2.60. The lowest BCUT2D eigenvalue weighted by atomic mass is 9.80. The second-order valence-electron chi connectivity index (χ2n) is 5.77. The Kier molecular flexibility index (Phi) is 3.71. The number of rotatable bonds is 4. The molecule has 8 nitrogen and oxygen atoms in total. The van der Waals surface area contributed by atoms with E-state index in [1.54, 1.807) is 0 Å². The van der Waals surface area contributed by atoms with Gasteiger partial charge in [0.2, 0.25) is 10.3 Å². The predicted octanol–water partition coefficient (Wildman–Crippen LogP) is 0.669. The van der Waals surface area contributed by atoms with Crippen LogP contribution in [0.1, 0.15) is 12.8 Å². The topological polar surface area (TPSA) is 118 Å². The van der Waals surface area contributed by atoms with E-state index in [2.05, 4.69) is 4.18 Å².